The molecule has 1 aromatic rings. The summed E-state index contributed by atoms with van der Waals surface area (Å²) in [6.45, 7) is 0. The predicted molar refractivity (Wildman–Crippen MR) is 47.1 cm³/mol. The zero-order valence-corrected chi connectivity index (χ0v) is 8.80. The number of para-hydroxylation sites is 1. The Balaban J connectivity index is 0.00000225. The van der Waals surface area contributed by atoms with Crippen molar-refractivity contribution < 1.29 is 30.9 Å². The minimum Gasteiger partial charge on any atom is -0.744 e. The largest absolute Gasteiger partial charge is 0.744 e. The van der Waals surface area contributed by atoms with Crippen LogP contribution in [0.4, 0.5) is 13.2 Å². The van der Waals surface area contributed by atoms with E-state index < -0.39 is 27.1 Å². The number of hydrogen-bond donors (Lipinski definition) is 1. The van der Waals surface area contributed by atoms with E-state index in [9.17, 15) is 26.1 Å². The lowest BCUT2D eigenvalue weighted by Gasteiger charge is -2.14. The molecule has 16 heavy (non-hydrogen) atoms. The number of alkyl halides is 3. The molecule has 0 atom stereocenters. The van der Waals surface area contributed by atoms with Crippen LogP contribution in [0.3, 0.4) is 0 Å². The van der Waals surface area contributed by atoms with Gasteiger partial charge in [-0.1, -0.05) is 12.1 Å². The smallest absolute Gasteiger partial charge is 0.573 e. The zero-order valence-electron chi connectivity index (χ0n) is 7.98. The summed E-state index contributed by atoms with van der Waals surface area (Å²) in [4.78, 5) is -1.04. The van der Waals surface area contributed by atoms with Crippen molar-refractivity contribution in [1.29, 1.82) is 0 Å². The lowest BCUT2D eigenvalue weighted by atomic mass is 10.3. The molecule has 0 bridgehead atoms. The Morgan fingerprint density at radius 1 is 1.19 bits per heavy atom. The van der Waals surface area contributed by atoms with Crippen molar-refractivity contribution in [2.45, 2.75) is 11.3 Å². The Hall–Kier alpha value is -1.32. The first-order chi connectivity index (χ1) is 6.70. The zero-order chi connectivity index (χ0) is 11.7. The van der Waals surface area contributed by atoms with Crippen molar-refractivity contribution in [2.24, 2.45) is 0 Å². The molecule has 0 saturated heterocycles. The lowest BCUT2D eigenvalue weighted by molar-refractivity contribution is -0.275. The quantitative estimate of drug-likeness (QED) is 0.818. The van der Waals surface area contributed by atoms with Crippen molar-refractivity contribution in [3.63, 3.8) is 0 Å². The second-order valence-electron chi connectivity index (χ2n) is 2.45. The van der Waals surface area contributed by atoms with Crippen molar-refractivity contribution in [2.75, 3.05) is 0 Å². The monoisotopic (exact) mass is 259 g/mol. The van der Waals surface area contributed by atoms with Crippen molar-refractivity contribution >= 4 is 10.1 Å². The second-order valence-corrected chi connectivity index (χ2v) is 3.80. The number of quaternary nitrogens is 1. The summed E-state index contributed by atoms with van der Waals surface area (Å²) in [5, 5.41) is 0. The van der Waals surface area contributed by atoms with Gasteiger partial charge in [0, 0.05) is 0 Å². The highest BCUT2D eigenvalue weighted by Crippen LogP contribution is 2.28. The van der Waals surface area contributed by atoms with Crippen molar-refractivity contribution in [1.82, 2.24) is 6.15 Å². The fraction of sp³-hybridized carbons (Fsp3) is 0.143. The topological polar surface area (TPSA) is 103 Å². The molecule has 0 aliphatic heterocycles. The first-order valence-electron chi connectivity index (χ1n) is 3.51. The van der Waals surface area contributed by atoms with Crippen LogP contribution >= 0.6 is 0 Å². The lowest BCUT2D eigenvalue weighted by Crippen LogP contribution is -2.18. The van der Waals surface area contributed by atoms with Crippen LogP contribution in [0.1, 0.15) is 0 Å². The first kappa shape index (κ1) is 14.7. The summed E-state index contributed by atoms with van der Waals surface area (Å²) < 4.78 is 70.4. The van der Waals surface area contributed by atoms with Gasteiger partial charge in [-0.05, 0) is 12.1 Å². The van der Waals surface area contributed by atoms with Crippen LogP contribution in [-0.4, -0.2) is 19.3 Å². The van der Waals surface area contributed by atoms with E-state index in [2.05, 4.69) is 4.74 Å². The molecule has 0 aliphatic rings. The highest BCUT2D eigenvalue weighted by atomic mass is 32.2. The van der Waals surface area contributed by atoms with Crippen LogP contribution in [0.5, 0.6) is 5.75 Å². The van der Waals surface area contributed by atoms with E-state index in [4.69, 9.17) is 0 Å². The molecule has 0 saturated carbocycles. The second kappa shape index (κ2) is 4.68. The molecule has 1 aromatic carbocycles. The van der Waals surface area contributed by atoms with E-state index in [0.29, 0.717) is 0 Å². The minimum absolute atomic E-state index is 0. The molecule has 0 aliphatic carbocycles. The van der Waals surface area contributed by atoms with Gasteiger partial charge in [0.1, 0.15) is 15.9 Å². The molecule has 0 unspecified atom stereocenters. The average Bonchev–Trinajstić information content (AvgIpc) is 1.99. The van der Waals surface area contributed by atoms with Gasteiger partial charge in [-0.3, -0.25) is 0 Å². The Morgan fingerprint density at radius 2 is 1.69 bits per heavy atom. The van der Waals surface area contributed by atoms with Gasteiger partial charge >= 0.3 is 6.36 Å². The summed E-state index contributed by atoms with van der Waals surface area (Å²) >= 11 is 0. The summed E-state index contributed by atoms with van der Waals surface area (Å²) in [5.41, 5.74) is 0. The standard InChI is InChI=1S/C7H5F3O4S.H3N/c8-7(9,10)14-5-3-1-2-4-6(5)15(11,12)13;/h1-4H,(H,11,12,13);1H3. The van der Waals surface area contributed by atoms with E-state index in [1.165, 1.54) is 0 Å². The maximum absolute atomic E-state index is 11.8. The molecule has 0 heterocycles. The summed E-state index contributed by atoms with van der Waals surface area (Å²) in [7, 11) is -4.98. The number of rotatable bonds is 2. The molecule has 0 amide bonds. The molecule has 1 rings (SSSR count). The van der Waals surface area contributed by atoms with Gasteiger partial charge < -0.3 is 15.4 Å². The van der Waals surface area contributed by atoms with Gasteiger partial charge in [0.2, 0.25) is 0 Å². The number of halogens is 3. The first-order valence-corrected chi connectivity index (χ1v) is 4.91. The predicted octanol–water partition coefficient (Wildman–Crippen LogP) is 1.87. The van der Waals surface area contributed by atoms with Gasteiger partial charge in [-0.2, -0.15) is 0 Å². The van der Waals surface area contributed by atoms with E-state index in [0.717, 1.165) is 24.3 Å². The molecule has 0 radical (unpaired) electrons. The molecule has 5 nitrogen and oxygen atoms in total. The van der Waals surface area contributed by atoms with Gasteiger partial charge in [-0.15, -0.1) is 13.2 Å². The number of hydrogen-bond acceptors (Lipinski definition) is 4. The third-order valence-electron chi connectivity index (χ3n) is 1.34. The molecule has 9 heteroatoms. The van der Waals surface area contributed by atoms with E-state index in [1.54, 1.807) is 0 Å². The molecule has 92 valence electrons. The van der Waals surface area contributed by atoms with Gasteiger partial charge in [-0.25, -0.2) is 8.42 Å². The molecule has 4 N–H and O–H groups in total. The molecular formula is C7H8F3NO4S. The molecule has 0 fully saturated rings. The van der Waals surface area contributed by atoms with Crippen LogP contribution in [0.15, 0.2) is 29.2 Å². The van der Waals surface area contributed by atoms with Gasteiger partial charge in [0.05, 0.1) is 4.90 Å². The van der Waals surface area contributed by atoms with E-state index in [1.807, 2.05) is 0 Å². The van der Waals surface area contributed by atoms with Crippen molar-refractivity contribution in [3.8, 4) is 5.75 Å². The average molecular weight is 259 g/mol. The Labute approximate surface area is 89.2 Å². The third-order valence-corrected chi connectivity index (χ3v) is 2.22. The van der Waals surface area contributed by atoms with Crippen LogP contribution in [0, 0.1) is 0 Å². The SMILES string of the molecule is O=S(=O)([O-])c1ccccc1OC(F)(F)F.[NH4+]. The van der Waals surface area contributed by atoms with Crippen LogP contribution in [0.25, 0.3) is 0 Å². The van der Waals surface area contributed by atoms with E-state index >= 15 is 0 Å². The van der Waals surface area contributed by atoms with Gasteiger partial charge in [0.15, 0.2) is 0 Å². The van der Waals surface area contributed by atoms with E-state index in [-0.39, 0.29) is 6.15 Å². The highest BCUT2D eigenvalue weighted by Gasteiger charge is 2.32. The molecule has 0 spiro atoms. The normalized spacial score (nSPS) is 11.8. The number of ether oxygens (including phenoxy) is 1. The van der Waals surface area contributed by atoms with Crippen LogP contribution in [0.2, 0.25) is 0 Å². The maximum atomic E-state index is 11.8. The van der Waals surface area contributed by atoms with Crippen LogP contribution in [-0.2, 0) is 10.1 Å². The van der Waals surface area contributed by atoms with Crippen molar-refractivity contribution in [3.05, 3.63) is 24.3 Å². The summed E-state index contributed by atoms with van der Waals surface area (Å²) in [6.07, 6.45) is -5.04. The summed E-state index contributed by atoms with van der Waals surface area (Å²) in [6, 6.07) is 3.73. The summed E-state index contributed by atoms with van der Waals surface area (Å²) in [5.74, 6) is -1.03. The third kappa shape index (κ3) is 4.04. The van der Waals surface area contributed by atoms with Gasteiger partial charge in [0.25, 0.3) is 0 Å². The Bertz CT molecular complexity index is 457. The fourth-order valence-electron chi connectivity index (χ4n) is 0.866. The maximum Gasteiger partial charge on any atom is 0.573 e. The molecular weight excluding hydrogens is 251 g/mol. The Kier molecular flexibility index (Phi) is 4.29. The fourth-order valence-corrected chi connectivity index (χ4v) is 1.47. The Morgan fingerprint density at radius 3 is 2.12 bits per heavy atom. The molecule has 0 aromatic heterocycles. The van der Waals surface area contributed by atoms with Crippen LogP contribution < -0.4 is 10.9 Å². The number of benzene rings is 1. The highest BCUT2D eigenvalue weighted by molar-refractivity contribution is 7.85. The minimum atomic E-state index is -5.04.